The second-order valence-corrected chi connectivity index (χ2v) is 3.76. The van der Waals surface area contributed by atoms with Crippen LogP contribution >= 0.6 is 0 Å². The van der Waals surface area contributed by atoms with Gasteiger partial charge in [-0.25, -0.2) is 0 Å². The lowest BCUT2D eigenvalue weighted by molar-refractivity contribution is 0.795. The van der Waals surface area contributed by atoms with Gasteiger partial charge in [-0.15, -0.1) is 0 Å². The molecule has 0 radical (unpaired) electrons. The van der Waals surface area contributed by atoms with Crippen molar-refractivity contribution in [2.75, 3.05) is 0 Å². The van der Waals surface area contributed by atoms with E-state index in [4.69, 9.17) is 0 Å². The van der Waals surface area contributed by atoms with E-state index in [1.54, 1.807) is 0 Å². The number of benzene rings is 1. The zero-order chi connectivity index (χ0) is 10.4. The molecule has 0 saturated carbocycles. The molecule has 0 fully saturated rings. The molecule has 0 nitrogen and oxygen atoms in total. The van der Waals surface area contributed by atoms with Crippen LogP contribution in [-0.4, -0.2) is 0 Å². The van der Waals surface area contributed by atoms with Crippen molar-refractivity contribution in [3.05, 3.63) is 42.0 Å². The Morgan fingerprint density at radius 3 is 2.29 bits per heavy atom. The Hall–Kier alpha value is -1.04. The number of hydrogen-bond donors (Lipinski definition) is 0. The maximum Gasteiger partial charge on any atom is -0.0230 e. The fraction of sp³-hybridized carbons (Fsp3) is 0.429. The van der Waals surface area contributed by atoms with Crippen LogP contribution in [0.1, 0.15) is 44.2 Å². The van der Waals surface area contributed by atoms with E-state index in [1.807, 2.05) is 0 Å². The van der Waals surface area contributed by atoms with E-state index in [2.05, 4.69) is 44.7 Å². The van der Waals surface area contributed by atoms with Crippen molar-refractivity contribution in [2.45, 2.75) is 39.5 Å². The first-order valence-electron chi connectivity index (χ1n) is 5.55. The van der Waals surface area contributed by atoms with E-state index in [0.717, 1.165) is 6.42 Å². The van der Waals surface area contributed by atoms with Gasteiger partial charge in [0.1, 0.15) is 0 Å². The zero-order valence-corrected chi connectivity index (χ0v) is 9.34. The highest BCUT2D eigenvalue weighted by Gasteiger charge is 1.96. The average Bonchev–Trinajstić information content (AvgIpc) is 2.26. The molecule has 0 heterocycles. The van der Waals surface area contributed by atoms with Gasteiger partial charge >= 0.3 is 0 Å². The lowest BCUT2D eigenvalue weighted by atomic mass is 10.0. The standard InChI is InChI=1S/C14H20/c1-4-6-7-13-8-10-14(11-9-13)12(3)5-2/h8-11H,3-7H2,1-2H3. The van der Waals surface area contributed by atoms with Crippen LogP contribution < -0.4 is 0 Å². The molecule has 0 spiro atoms. The molecule has 0 saturated heterocycles. The largest absolute Gasteiger partial charge is 0.0952 e. The van der Waals surface area contributed by atoms with Gasteiger partial charge in [0.15, 0.2) is 0 Å². The van der Waals surface area contributed by atoms with Gasteiger partial charge in [0.05, 0.1) is 0 Å². The van der Waals surface area contributed by atoms with Crippen LogP contribution in [-0.2, 0) is 6.42 Å². The Morgan fingerprint density at radius 1 is 1.14 bits per heavy atom. The van der Waals surface area contributed by atoms with Crippen molar-refractivity contribution in [1.82, 2.24) is 0 Å². The molecule has 76 valence electrons. The SMILES string of the molecule is C=C(CC)c1ccc(CCCC)cc1. The van der Waals surface area contributed by atoms with E-state index in [9.17, 15) is 0 Å². The predicted octanol–water partition coefficient (Wildman–Crippen LogP) is 4.45. The van der Waals surface area contributed by atoms with Gasteiger partial charge in [0, 0.05) is 0 Å². The van der Waals surface area contributed by atoms with Crippen LogP contribution in [0.2, 0.25) is 0 Å². The van der Waals surface area contributed by atoms with Gasteiger partial charge in [-0.2, -0.15) is 0 Å². The fourth-order valence-electron chi connectivity index (χ4n) is 1.49. The van der Waals surface area contributed by atoms with E-state index >= 15 is 0 Å². The van der Waals surface area contributed by atoms with Crippen molar-refractivity contribution < 1.29 is 0 Å². The molecule has 0 amide bonds. The lowest BCUT2D eigenvalue weighted by Crippen LogP contribution is -1.86. The van der Waals surface area contributed by atoms with Crippen LogP contribution in [0.3, 0.4) is 0 Å². The summed E-state index contributed by atoms with van der Waals surface area (Å²) in [7, 11) is 0. The maximum atomic E-state index is 4.04. The molecule has 0 aliphatic carbocycles. The minimum Gasteiger partial charge on any atom is -0.0952 e. The van der Waals surface area contributed by atoms with E-state index in [0.29, 0.717) is 0 Å². The molecule has 0 N–H and O–H groups in total. The van der Waals surface area contributed by atoms with Crippen LogP contribution in [0.25, 0.3) is 5.57 Å². The van der Waals surface area contributed by atoms with Gasteiger partial charge in [-0.1, -0.05) is 51.1 Å². The molecule has 1 rings (SSSR count). The fourth-order valence-corrected chi connectivity index (χ4v) is 1.49. The molecule has 14 heavy (non-hydrogen) atoms. The van der Waals surface area contributed by atoms with Crippen LogP contribution in [0.4, 0.5) is 0 Å². The molecule has 1 aromatic carbocycles. The molecule has 0 heteroatoms. The molecule has 0 aliphatic rings. The van der Waals surface area contributed by atoms with E-state index < -0.39 is 0 Å². The molecule has 0 aliphatic heterocycles. The summed E-state index contributed by atoms with van der Waals surface area (Å²) < 4.78 is 0. The van der Waals surface area contributed by atoms with Gasteiger partial charge in [0.2, 0.25) is 0 Å². The van der Waals surface area contributed by atoms with Gasteiger partial charge in [0.25, 0.3) is 0 Å². The topological polar surface area (TPSA) is 0 Å². The number of rotatable bonds is 5. The number of unbranched alkanes of at least 4 members (excludes halogenated alkanes) is 1. The number of hydrogen-bond acceptors (Lipinski definition) is 0. The van der Waals surface area contributed by atoms with Crippen molar-refractivity contribution in [1.29, 1.82) is 0 Å². The Labute approximate surface area is 87.7 Å². The summed E-state index contributed by atoms with van der Waals surface area (Å²) in [5.41, 5.74) is 3.96. The Bertz CT molecular complexity index is 279. The molecule has 0 atom stereocenters. The highest BCUT2D eigenvalue weighted by Crippen LogP contribution is 2.16. The molecular weight excluding hydrogens is 168 g/mol. The minimum absolute atomic E-state index is 1.04. The summed E-state index contributed by atoms with van der Waals surface area (Å²) >= 11 is 0. The maximum absolute atomic E-state index is 4.04. The van der Waals surface area contributed by atoms with Crippen molar-refractivity contribution in [3.63, 3.8) is 0 Å². The molecule has 1 aromatic rings. The molecule has 0 aromatic heterocycles. The first kappa shape index (κ1) is 11.0. The third kappa shape index (κ3) is 3.02. The van der Waals surface area contributed by atoms with Gasteiger partial charge in [-0.05, 0) is 36.0 Å². The second kappa shape index (κ2) is 5.64. The quantitative estimate of drug-likeness (QED) is 0.640. The monoisotopic (exact) mass is 188 g/mol. The third-order valence-corrected chi connectivity index (χ3v) is 2.61. The average molecular weight is 188 g/mol. The number of aryl methyl sites for hydroxylation is 1. The zero-order valence-electron chi connectivity index (χ0n) is 9.34. The van der Waals surface area contributed by atoms with Crippen molar-refractivity contribution >= 4 is 5.57 Å². The predicted molar refractivity (Wildman–Crippen MR) is 64.4 cm³/mol. The summed E-state index contributed by atoms with van der Waals surface area (Å²) in [5, 5.41) is 0. The normalized spacial score (nSPS) is 10.1. The lowest BCUT2D eigenvalue weighted by Gasteiger charge is -2.04. The van der Waals surface area contributed by atoms with Crippen LogP contribution in [0.5, 0.6) is 0 Å². The first-order chi connectivity index (χ1) is 6.77. The summed E-state index contributed by atoms with van der Waals surface area (Å²) in [6, 6.07) is 8.84. The van der Waals surface area contributed by atoms with Crippen molar-refractivity contribution in [2.24, 2.45) is 0 Å². The highest BCUT2D eigenvalue weighted by atomic mass is 14.0. The summed E-state index contributed by atoms with van der Waals surface area (Å²) in [6.07, 6.45) is 4.79. The Kier molecular flexibility index (Phi) is 4.45. The van der Waals surface area contributed by atoms with Crippen molar-refractivity contribution in [3.8, 4) is 0 Å². The third-order valence-electron chi connectivity index (χ3n) is 2.61. The first-order valence-corrected chi connectivity index (χ1v) is 5.55. The van der Waals surface area contributed by atoms with Gasteiger partial charge in [-0.3, -0.25) is 0 Å². The highest BCUT2D eigenvalue weighted by molar-refractivity contribution is 5.63. The molecular formula is C14H20. The smallest absolute Gasteiger partial charge is 0.0230 e. The van der Waals surface area contributed by atoms with Crippen LogP contribution in [0.15, 0.2) is 30.8 Å². The van der Waals surface area contributed by atoms with Crippen LogP contribution in [0, 0.1) is 0 Å². The summed E-state index contributed by atoms with van der Waals surface area (Å²) in [5.74, 6) is 0. The second-order valence-electron chi connectivity index (χ2n) is 3.76. The minimum atomic E-state index is 1.04. The Balaban J connectivity index is 2.63. The Morgan fingerprint density at radius 2 is 1.79 bits per heavy atom. The number of allylic oxidation sites excluding steroid dienone is 1. The summed E-state index contributed by atoms with van der Waals surface area (Å²) in [4.78, 5) is 0. The molecule has 0 bridgehead atoms. The summed E-state index contributed by atoms with van der Waals surface area (Å²) in [6.45, 7) is 8.41. The van der Waals surface area contributed by atoms with Gasteiger partial charge < -0.3 is 0 Å². The van der Waals surface area contributed by atoms with E-state index in [1.165, 1.54) is 36.0 Å². The molecule has 0 unspecified atom stereocenters. The van der Waals surface area contributed by atoms with E-state index in [-0.39, 0.29) is 0 Å².